The van der Waals surface area contributed by atoms with Gasteiger partial charge in [0.1, 0.15) is 5.78 Å². The molecule has 4 heteroatoms. The van der Waals surface area contributed by atoms with E-state index in [9.17, 15) is 9.59 Å². The maximum absolute atomic E-state index is 12.0. The third-order valence-corrected chi connectivity index (χ3v) is 4.35. The molecule has 1 aromatic heterocycles. The fourth-order valence-corrected chi connectivity index (χ4v) is 3.02. The summed E-state index contributed by atoms with van der Waals surface area (Å²) in [5.41, 5.74) is 0. The van der Waals surface area contributed by atoms with Crippen molar-refractivity contribution in [3.63, 3.8) is 0 Å². The van der Waals surface area contributed by atoms with Crippen LogP contribution in [-0.2, 0) is 16.0 Å². The zero-order chi connectivity index (χ0) is 13.0. The van der Waals surface area contributed by atoms with Crippen LogP contribution in [0.25, 0.3) is 0 Å². The quantitative estimate of drug-likeness (QED) is 0.839. The molecule has 98 valence electrons. The van der Waals surface area contributed by atoms with E-state index in [0.717, 1.165) is 12.8 Å². The Kier molecular flexibility index (Phi) is 4.53. The Labute approximate surface area is 112 Å². The smallest absolute Gasteiger partial charge is 0.222 e. The number of hydrogen-bond donors (Lipinski definition) is 0. The average Bonchev–Trinajstić information content (AvgIpc) is 2.85. The molecular formula is C14H19NO2S. The lowest BCUT2D eigenvalue weighted by Gasteiger charge is -2.30. The number of amides is 1. The van der Waals surface area contributed by atoms with Crippen LogP contribution in [0.4, 0.5) is 0 Å². The first-order valence-electron chi connectivity index (χ1n) is 6.49. The third kappa shape index (κ3) is 3.42. The zero-order valence-corrected chi connectivity index (χ0v) is 11.5. The molecule has 1 unspecified atom stereocenters. The van der Waals surface area contributed by atoms with E-state index in [1.807, 2.05) is 17.9 Å². The fraction of sp³-hybridized carbons (Fsp3) is 0.571. The van der Waals surface area contributed by atoms with Crippen molar-refractivity contribution >= 4 is 23.0 Å². The zero-order valence-electron chi connectivity index (χ0n) is 10.7. The number of thiophene rings is 1. The summed E-state index contributed by atoms with van der Waals surface area (Å²) in [7, 11) is 0. The molecule has 18 heavy (non-hydrogen) atoms. The Morgan fingerprint density at radius 1 is 1.56 bits per heavy atom. The van der Waals surface area contributed by atoms with E-state index >= 15 is 0 Å². The molecule has 1 amide bonds. The molecule has 0 N–H and O–H groups in total. The number of rotatable bonds is 4. The van der Waals surface area contributed by atoms with E-state index in [2.05, 4.69) is 11.4 Å². The maximum atomic E-state index is 12.0. The van der Waals surface area contributed by atoms with Crippen LogP contribution >= 0.6 is 11.3 Å². The van der Waals surface area contributed by atoms with Crippen LogP contribution in [-0.4, -0.2) is 29.7 Å². The van der Waals surface area contributed by atoms with Gasteiger partial charge in [-0.05, 0) is 24.3 Å². The molecule has 2 rings (SSSR count). The minimum atomic E-state index is 0.0139. The molecule has 0 aliphatic carbocycles. The highest BCUT2D eigenvalue weighted by Crippen LogP contribution is 2.16. The summed E-state index contributed by atoms with van der Waals surface area (Å²) in [5, 5.41) is 2.06. The predicted octanol–water partition coefficient (Wildman–Crippen LogP) is 2.51. The number of hydrogen-bond acceptors (Lipinski definition) is 3. The summed E-state index contributed by atoms with van der Waals surface area (Å²) in [4.78, 5) is 26.6. The average molecular weight is 265 g/mol. The predicted molar refractivity (Wildman–Crippen MR) is 72.6 cm³/mol. The molecule has 1 aliphatic rings. The van der Waals surface area contributed by atoms with Crippen molar-refractivity contribution in [2.45, 2.75) is 32.6 Å². The third-order valence-electron chi connectivity index (χ3n) is 3.42. The molecule has 0 radical (unpaired) electrons. The largest absolute Gasteiger partial charge is 0.342 e. The summed E-state index contributed by atoms with van der Waals surface area (Å²) in [6.45, 7) is 3.13. The lowest BCUT2D eigenvalue weighted by Crippen LogP contribution is -2.43. The first-order chi connectivity index (χ1) is 8.66. The molecule has 1 atom stereocenters. The van der Waals surface area contributed by atoms with Crippen LogP contribution in [0, 0.1) is 5.92 Å². The van der Waals surface area contributed by atoms with E-state index in [1.165, 1.54) is 4.88 Å². The van der Waals surface area contributed by atoms with Crippen molar-refractivity contribution in [3.8, 4) is 0 Å². The fourth-order valence-electron chi connectivity index (χ4n) is 2.27. The van der Waals surface area contributed by atoms with E-state index in [4.69, 9.17) is 0 Å². The number of ketones is 1. The highest BCUT2D eigenvalue weighted by Gasteiger charge is 2.26. The maximum Gasteiger partial charge on any atom is 0.222 e. The van der Waals surface area contributed by atoms with E-state index in [0.29, 0.717) is 25.9 Å². The summed E-state index contributed by atoms with van der Waals surface area (Å²) in [6, 6.07) is 4.15. The number of piperidine rings is 1. The first-order valence-corrected chi connectivity index (χ1v) is 7.37. The standard InChI is InChI=1S/C14H19NO2S/c1-11-10-15(8-7-13(11)16)14(17)6-2-4-12-5-3-9-18-12/h3,5,9,11H,2,4,6-8,10H2,1H3. The minimum Gasteiger partial charge on any atom is -0.342 e. The second kappa shape index (κ2) is 6.14. The molecule has 1 aliphatic heterocycles. The lowest BCUT2D eigenvalue weighted by molar-refractivity contribution is -0.136. The second-order valence-electron chi connectivity index (χ2n) is 4.89. The molecule has 1 saturated heterocycles. The van der Waals surface area contributed by atoms with Gasteiger partial charge in [0.25, 0.3) is 0 Å². The second-order valence-corrected chi connectivity index (χ2v) is 5.92. The van der Waals surface area contributed by atoms with Crippen molar-refractivity contribution in [1.82, 2.24) is 4.90 Å². The number of carbonyl (C=O) groups excluding carboxylic acids is 2. The molecule has 1 aromatic rings. The van der Waals surface area contributed by atoms with Crippen molar-refractivity contribution in [2.75, 3.05) is 13.1 Å². The Hall–Kier alpha value is -1.16. The van der Waals surface area contributed by atoms with Gasteiger partial charge in [-0.2, -0.15) is 0 Å². The monoisotopic (exact) mass is 265 g/mol. The van der Waals surface area contributed by atoms with Gasteiger partial charge in [-0.1, -0.05) is 13.0 Å². The van der Waals surface area contributed by atoms with Crippen molar-refractivity contribution in [3.05, 3.63) is 22.4 Å². The van der Waals surface area contributed by atoms with Gasteiger partial charge in [-0.15, -0.1) is 11.3 Å². The van der Waals surface area contributed by atoms with Crippen LogP contribution in [0.5, 0.6) is 0 Å². The molecule has 0 bridgehead atoms. The minimum absolute atomic E-state index is 0.0139. The van der Waals surface area contributed by atoms with Crippen molar-refractivity contribution in [2.24, 2.45) is 5.92 Å². The highest BCUT2D eigenvalue weighted by atomic mass is 32.1. The number of carbonyl (C=O) groups is 2. The van der Waals surface area contributed by atoms with Crippen molar-refractivity contribution < 1.29 is 9.59 Å². The summed E-state index contributed by atoms with van der Waals surface area (Å²) in [5.74, 6) is 0.503. The summed E-state index contributed by atoms with van der Waals surface area (Å²) < 4.78 is 0. The van der Waals surface area contributed by atoms with Crippen LogP contribution in [0.1, 0.15) is 31.1 Å². The topological polar surface area (TPSA) is 37.4 Å². The van der Waals surface area contributed by atoms with E-state index in [1.54, 1.807) is 11.3 Å². The Morgan fingerprint density at radius 3 is 3.06 bits per heavy atom. The van der Waals surface area contributed by atoms with Gasteiger partial charge in [0.05, 0.1) is 0 Å². The number of likely N-dealkylation sites (tertiary alicyclic amines) is 1. The number of nitrogens with zero attached hydrogens (tertiary/aromatic N) is 1. The van der Waals surface area contributed by atoms with Gasteiger partial charge in [0.15, 0.2) is 0 Å². The first kappa shape index (κ1) is 13.3. The van der Waals surface area contributed by atoms with Gasteiger partial charge in [-0.25, -0.2) is 0 Å². The number of aryl methyl sites for hydroxylation is 1. The van der Waals surface area contributed by atoms with Crippen LogP contribution < -0.4 is 0 Å². The number of Topliss-reactive ketones (excluding diaryl/α,β-unsaturated/α-hetero) is 1. The van der Waals surface area contributed by atoms with Crippen LogP contribution in [0.2, 0.25) is 0 Å². The van der Waals surface area contributed by atoms with Crippen molar-refractivity contribution in [1.29, 1.82) is 0 Å². The highest BCUT2D eigenvalue weighted by molar-refractivity contribution is 7.09. The molecule has 2 heterocycles. The summed E-state index contributed by atoms with van der Waals surface area (Å²) >= 11 is 1.74. The van der Waals surface area contributed by atoms with Crippen LogP contribution in [0.15, 0.2) is 17.5 Å². The van der Waals surface area contributed by atoms with Gasteiger partial charge in [0.2, 0.25) is 5.91 Å². The van der Waals surface area contributed by atoms with Gasteiger partial charge < -0.3 is 4.90 Å². The van der Waals surface area contributed by atoms with E-state index < -0.39 is 0 Å². The van der Waals surface area contributed by atoms with E-state index in [-0.39, 0.29) is 17.6 Å². The molecular weight excluding hydrogens is 246 g/mol. The van der Waals surface area contributed by atoms with Crippen LogP contribution in [0.3, 0.4) is 0 Å². The van der Waals surface area contributed by atoms with Gasteiger partial charge in [0, 0.05) is 36.7 Å². The molecule has 3 nitrogen and oxygen atoms in total. The molecule has 1 fully saturated rings. The molecule has 0 aromatic carbocycles. The SMILES string of the molecule is CC1CN(C(=O)CCCc2cccs2)CCC1=O. The lowest BCUT2D eigenvalue weighted by atomic mass is 9.98. The Bertz CT molecular complexity index is 413. The van der Waals surface area contributed by atoms with Gasteiger partial charge >= 0.3 is 0 Å². The normalized spacial score (nSPS) is 20.2. The Balaban J connectivity index is 1.73. The van der Waals surface area contributed by atoms with Gasteiger partial charge in [-0.3, -0.25) is 9.59 Å². The molecule has 0 saturated carbocycles. The Morgan fingerprint density at radius 2 is 2.39 bits per heavy atom. The molecule has 0 spiro atoms. The summed E-state index contributed by atoms with van der Waals surface area (Å²) in [6.07, 6.45) is 3.00.